The van der Waals surface area contributed by atoms with E-state index in [0.29, 0.717) is 15.7 Å². The third kappa shape index (κ3) is 3.28. The normalized spacial score (nSPS) is 10.3. The molecule has 0 aliphatic carbocycles. The number of amides is 1. The zero-order valence-electron chi connectivity index (χ0n) is 8.21. The van der Waals surface area contributed by atoms with Crippen LogP contribution in [0.15, 0.2) is 32.7 Å². The Morgan fingerprint density at radius 1 is 1.41 bits per heavy atom. The van der Waals surface area contributed by atoms with Crippen LogP contribution < -0.4 is 5.32 Å². The lowest BCUT2D eigenvalue weighted by molar-refractivity contribution is 0.103. The fourth-order valence-electron chi connectivity index (χ4n) is 1.13. The van der Waals surface area contributed by atoms with Crippen LogP contribution in [0.2, 0.25) is 5.15 Å². The molecule has 2 aromatic rings. The van der Waals surface area contributed by atoms with Gasteiger partial charge in [-0.05, 0) is 50.1 Å². The molecule has 17 heavy (non-hydrogen) atoms. The molecule has 0 saturated carbocycles. The summed E-state index contributed by atoms with van der Waals surface area (Å²) < 4.78 is 1.75. The van der Waals surface area contributed by atoms with Crippen LogP contribution in [0.1, 0.15) is 9.67 Å². The summed E-state index contributed by atoms with van der Waals surface area (Å²) in [6.07, 6.45) is 1.54. The molecule has 88 valence electrons. The van der Waals surface area contributed by atoms with Crippen molar-refractivity contribution < 1.29 is 4.79 Å². The predicted molar refractivity (Wildman–Crippen MR) is 76.9 cm³/mol. The molecular weight excluding hydrogens is 391 g/mol. The molecule has 0 aromatic carbocycles. The van der Waals surface area contributed by atoms with Gasteiger partial charge in [0.25, 0.3) is 5.91 Å². The van der Waals surface area contributed by atoms with Gasteiger partial charge in [-0.3, -0.25) is 4.79 Å². The number of halogens is 3. The van der Waals surface area contributed by atoms with Gasteiger partial charge < -0.3 is 5.32 Å². The van der Waals surface area contributed by atoms with Crippen molar-refractivity contribution in [1.29, 1.82) is 0 Å². The number of pyridine rings is 1. The van der Waals surface area contributed by atoms with Gasteiger partial charge in [0.1, 0.15) is 5.15 Å². The van der Waals surface area contributed by atoms with Gasteiger partial charge in [0.05, 0.1) is 8.66 Å². The second-order valence-corrected chi connectivity index (χ2v) is 6.67. The average molecular weight is 396 g/mol. The quantitative estimate of drug-likeness (QED) is 0.756. The molecule has 0 spiro atoms. The average Bonchev–Trinajstić information content (AvgIpc) is 2.59. The van der Waals surface area contributed by atoms with Crippen molar-refractivity contribution in [2.24, 2.45) is 0 Å². The smallest absolute Gasteiger partial charge is 0.265 e. The topological polar surface area (TPSA) is 42.0 Å². The van der Waals surface area contributed by atoms with Crippen LogP contribution in [0, 0.1) is 0 Å². The summed E-state index contributed by atoms with van der Waals surface area (Å²) in [5.74, 6) is -0.177. The number of anilines is 1. The fourth-order valence-corrected chi connectivity index (χ4v) is 3.24. The molecule has 7 heteroatoms. The van der Waals surface area contributed by atoms with Crippen molar-refractivity contribution in [3.05, 3.63) is 42.7 Å². The van der Waals surface area contributed by atoms with Crippen molar-refractivity contribution in [1.82, 2.24) is 4.98 Å². The van der Waals surface area contributed by atoms with E-state index in [1.807, 2.05) is 0 Å². The van der Waals surface area contributed by atoms with E-state index >= 15 is 0 Å². The molecule has 1 N–H and O–H groups in total. The number of nitrogens with one attached hydrogen (secondary N) is 1. The number of hydrogen-bond acceptors (Lipinski definition) is 3. The van der Waals surface area contributed by atoms with Crippen LogP contribution >= 0.6 is 54.8 Å². The van der Waals surface area contributed by atoms with Crippen LogP contribution in [-0.4, -0.2) is 10.9 Å². The molecule has 0 unspecified atom stereocenters. The van der Waals surface area contributed by atoms with Gasteiger partial charge in [0.15, 0.2) is 0 Å². The van der Waals surface area contributed by atoms with E-state index in [9.17, 15) is 4.79 Å². The maximum absolute atomic E-state index is 11.9. The van der Waals surface area contributed by atoms with E-state index in [4.69, 9.17) is 11.6 Å². The largest absolute Gasteiger partial charge is 0.321 e. The molecule has 0 fully saturated rings. The van der Waals surface area contributed by atoms with E-state index in [0.717, 1.165) is 8.26 Å². The lowest BCUT2D eigenvalue weighted by Gasteiger charge is -2.02. The summed E-state index contributed by atoms with van der Waals surface area (Å²) >= 11 is 13.8. The first kappa shape index (κ1) is 13.0. The fraction of sp³-hybridized carbons (Fsp3) is 0. The van der Waals surface area contributed by atoms with Gasteiger partial charge in [-0.15, -0.1) is 11.3 Å². The Balaban J connectivity index is 2.17. The summed E-state index contributed by atoms with van der Waals surface area (Å²) in [5, 5.41) is 3.09. The Labute approximate surface area is 123 Å². The van der Waals surface area contributed by atoms with Crippen molar-refractivity contribution in [3.8, 4) is 0 Å². The third-order valence-electron chi connectivity index (χ3n) is 1.85. The van der Waals surface area contributed by atoms with Crippen molar-refractivity contribution >= 4 is 66.4 Å². The third-order valence-corrected chi connectivity index (χ3v) is 5.32. The number of carbonyl (C=O) groups excluding carboxylic acids is 1. The van der Waals surface area contributed by atoms with Crippen molar-refractivity contribution in [2.75, 3.05) is 5.32 Å². The number of thiophene rings is 1. The first-order valence-corrected chi connectivity index (χ1v) is 7.22. The van der Waals surface area contributed by atoms with Crippen molar-refractivity contribution in [3.63, 3.8) is 0 Å². The molecule has 0 saturated heterocycles. The van der Waals surface area contributed by atoms with Gasteiger partial charge in [-0.1, -0.05) is 11.6 Å². The highest BCUT2D eigenvalue weighted by molar-refractivity contribution is 9.13. The van der Waals surface area contributed by atoms with Gasteiger partial charge in [-0.25, -0.2) is 4.98 Å². The second-order valence-electron chi connectivity index (χ2n) is 3.05. The molecule has 0 bridgehead atoms. The van der Waals surface area contributed by atoms with E-state index in [2.05, 4.69) is 42.2 Å². The summed E-state index contributed by atoms with van der Waals surface area (Å²) in [6.45, 7) is 0. The molecule has 2 heterocycles. The lowest BCUT2D eigenvalue weighted by atomic mass is 10.4. The first-order valence-electron chi connectivity index (χ1n) is 4.44. The maximum atomic E-state index is 11.9. The molecule has 3 nitrogen and oxygen atoms in total. The predicted octanol–water partition coefficient (Wildman–Crippen LogP) is 4.57. The Kier molecular flexibility index (Phi) is 4.19. The molecular formula is C10H5Br2ClN2OS. The Morgan fingerprint density at radius 3 is 2.76 bits per heavy atom. The summed E-state index contributed by atoms with van der Waals surface area (Å²) in [7, 11) is 0. The first-order chi connectivity index (χ1) is 8.06. The Hall–Kier alpha value is -0.430. The standard InChI is InChI=1S/C10H5Br2ClN2OS/c11-6-4-7(17-9(6)12)10(16)15-5-1-2-14-8(13)3-5/h1-4H,(H,14,15,16). The highest BCUT2D eigenvalue weighted by Gasteiger charge is 2.12. The zero-order valence-corrected chi connectivity index (χ0v) is 13.0. The van der Waals surface area contributed by atoms with Crippen LogP contribution in [-0.2, 0) is 0 Å². The number of nitrogens with zero attached hydrogens (tertiary/aromatic N) is 1. The molecule has 0 atom stereocenters. The number of carbonyl (C=O) groups is 1. The van der Waals surface area contributed by atoms with E-state index in [1.165, 1.54) is 17.5 Å². The Bertz CT molecular complexity index is 554. The summed E-state index contributed by atoms with van der Waals surface area (Å²) in [6, 6.07) is 5.03. The number of rotatable bonds is 2. The van der Waals surface area contributed by atoms with Gasteiger partial charge in [-0.2, -0.15) is 0 Å². The van der Waals surface area contributed by atoms with Crippen molar-refractivity contribution in [2.45, 2.75) is 0 Å². The molecule has 0 aliphatic heterocycles. The monoisotopic (exact) mass is 394 g/mol. The van der Waals surface area contributed by atoms with Crippen LogP contribution in [0.3, 0.4) is 0 Å². The highest BCUT2D eigenvalue weighted by atomic mass is 79.9. The number of hydrogen-bond donors (Lipinski definition) is 1. The number of aromatic nitrogens is 1. The summed E-state index contributed by atoms with van der Waals surface area (Å²) in [5.41, 5.74) is 0.621. The molecule has 2 aromatic heterocycles. The van der Waals surface area contributed by atoms with Gasteiger partial charge in [0.2, 0.25) is 0 Å². The van der Waals surface area contributed by atoms with E-state index in [-0.39, 0.29) is 5.91 Å². The molecule has 0 aliphatic rings. The summed E-state index contributed by atoms with van der Waals surface area (Å²) in [4.78, 5) is 16.3. The minimum absolute atomic E-state index is 0.177. The van der Waals surface area contributed by atoms with E-state index in [1.54, 1.807) is 18.2 Å². The highest BCUT2D eigenvalue weighted by Crippen LogP contribution is 2.32. The second kappa shape index (κ2) is 5.48. The zero-order chi connectivity index (χ0) is 12.4. The molecule has 0 radical (unpaired) electrons. The molecule has 2 rings (SSSR count). The minimum atomic E-state index is -0.177. The van der Waals surface area contributed by atoms with E-state index < -0.39 is 0 Å². The maximum Gasteiger partial charge on any atom is 0.265 e. The van der Waals surface area contributed by atoms with Crippen LogP contribution in [0.5, 0.6) is 0 Å². The van der Waals surface area contributed by atoms with Crippen LogP contribution in [0.25, 0.3) is 0 Å². The Morgan fingerprint density at radius 2 is 2.18 bits per heavy atom. The molecule has 1 amide bonds. The van der Waals surface area contributed by atoms with Gasteiger partial charge in [0, 0.05) is 16.4 Å². The van der Waals surface area contributed by atoms with Gasteiger partial charge >= 0.3 is 0 Å². The lowest BCUT2D eigenvalue weighted by Crippen LogP contribution is -2.09. The minimum Gasteiger partial charge on any atom is -0.321 e. The van der Waals surface area contributed by atoms with Crippen LogP contribution in [0.4, 0.5) is 5.69 Å². The SMILES string of the molecule is O=C(Nc1ccnc(Cl)c1)c1cc(Br)c(Br)s1.